The maximum atomic E-state index is 13.1. The van der Waals surface area contributed by atoms with Crippen molar-refractivity contribution >= 4 is 33.5 Å². The molecule has 0 radical (unpaired) electrons. The summed E-state index contributed by atoms with van der Waals surface area (Å²) in [6.07, 6.45) is 0. The molecule has 43 heavy (non-hydrogen) atoms. The number of hydrogen-bond donors (Lipinski definition) is 0. The maximum absolute atomic E-state index is 13.1. The van der Waals surface area contributed by atoms with Crippen LogP contribution in [0.2, 0.25) is 0 Å². The van der Waals surface area contributed by atoms with E-state index in [1.807, 2.05) is 109 Å². The number of carbonyl (C=O) groups is 2. The number of fused-ring (bicyclic) bond motifs is 7. The van der Waals surface area contributed by atoms with E-state index in [0.29, 0.717) is 22.6 Å². The number of esters is 2. The molecule has 6 nitrogen and oxygen atoms in total. The van der Waals surface area contributed by atoms with Crippen LogP contribution in [0, 0.1) is 0 Å². The standard InChI is InChI=1S/C37H26O6/c38-36(40-21-24-7-3-1-4-8-24)28-13-11-26-15-17-32-34(30(26)19-28)35-31-20-29(37(39)41-22-25-9-5-2-6-10-25)14-12-27(31)16-18-33(35)43-23-42-32/h1-20H,21-23H2. The summed E-state index contributed by atoms with van der Waals surface area (Å²) >= 11 is 0. The summed E-state index contributed by atoms with van der Waals surface area (Å²) in [5.41, 5.74) is 4.23. The summed E-state index contributed by atoms with van der Waals surface area (Å²) in [5.74, 6) is 0.391. The van der Waals surface area contributed by atoms with E-state index < -0.39 is 11.9 Å². The summed E-state index contributed by atoms with van der Waals surface area (Å²) in [5, 5.41) is 3.46. The van der Waals surface area contributed by atoms with Crippen LogP contribution in [0.1, 0.15) is 31.8 Å². The first-order valence-electron chi connectivity index (χ1n) is 14.0. The molecule has 6 aromatic rings. The van der Waals surface area contributed by atoms with Crippen LogP contribution in [0.25, 0.3) is 32.7 Å². The molecule has 0 amide bonds. The average Bonchev–Trinajstić information content (AvgIpc) is 3.26. The van der Waals surface area contributed by atoms with Gasteiger partial charge in [0.15, 0.2) is 0 Å². The first kappa shape index (κ1) is 26.3. The van der Waals surface area contributed by atoms with Gasteiger partial charge in [0.2, 0.25) is 6.79 Å². The summed E-state index contributed by atoms with van der Waals surface area (Å²) in [6.45, 7) is 0.380. The van der Waals surface area contributed by atoms with Gasteiger partial charge >= 0.3 is 11.9 Å². The molecule has 1 aliphatic rings. The largest absolute Gasteiger partial charge is 0.457 e. The number of benzene rings is 6. The highest BCUT2D eigenvalue weighted by atomic mass is 16.7. The summed E-state index contributed by atoms with van der Waals surface area (Å²) in [4.78, 5) is 26.2. The van der Waals surface area contributed by atoms with Gasteiger partial charge < -0.3 is 18.9 Å². The van der Waals surface area contributed by atoms with Crippen LogP contribution in [-0.2, 0) is 22.7 Å². The van der Waals surface area contributed by atoms with Crippen LogP contribution in [0.3, 0.4) is 0 Å². The smallest absolute Gasteiger partial charge is 0.338 e. The van der Waals surface area contributed by atoms with Gasteiger partial charge in [0.1, 0.15) is 24.7 Å². The fourth-order valence-corrected chi connectivity index (χ4v) is 5.38. The first-order valence-corrected chi connectivity index (χ1v) is 14.0. The van der Waals surface area contributed by atoms with E-state index in [9.17, 15) is 9.59 Å². The molecule has 210 valence electrons. The molecule has 0 fully saturated rings. The zero-order valence-electron chi connectivity index (χ0n) is 23.1. The second-order valence-electron chi connectivity index (χ2n) is 10.3. The van der Waals surface area contributed by atoms with Crippen molar-refractivity contribution in [3.63, 3.8) is 0 Å². The summed E-state index contributed by atoms with van der Waals surface area (Å²) in [6, 6.07) is 37.8. The predicted octanol–water partition coefficient (Wildman–Crippen LogP) is 8.10. The van der Waals surface area contributed by atoms with Crippen LogP contribution >= 0.6 is 0 Å². The van der Waals surface area contributed by atoms with Crippen LogP contribution < -0.4 is 9.47 Å². The molecule has 0 spiro atoms. The Labute approximate surface area is 248 Å². The van der Waals surface area contributed by atoms with Crippen molar-refractivity contribution < 1.29 is 28.5 Å². The van der Waals surface area contributed by atoms with E-state index in [0.717, 1.165) is 43.8 Å². The molecule has 0 bridgehead atoms. The van der Waals surface area contributed by atoms with E-state index in [1.165, 1.54) is 0 Å². The lowest BCUT2D eigenvalue weighted by Crippen LogP contribution is -2.05. The Morgan fingerprint density at radius 2 is 0.953 bits per heavy atom. The third-order valence-corrected chi connectivity index (χ3v) is 7.54. The highest BCUT2D eigenvalue weighted by Gasteiger charge is 2.24. The Morgan fingerprint density at radius 3 is 1.40 bits per heavy atom. The van der Waals surface area contributed by atoms with E-state index in [1.54, 1.807) is 12.1 Å². The molecular formula is C37H26O6. The molecule has 1 aliphatic heterocycles. The second kappa shape index (κ2) is 11.3. The number of ether oxygens (including phenoxy) is 4. The van der Waals surface area contributed by atoms with Crippen LogP contribution in [0.15, 0.2) is 121 Å². The molecule has 6 aromatic carbocycles. The lowest BCUT2D eigenvalue weighted by atomic mass is 9.91. The Kier molecular flexibility index (Phi) is 6.93. The molecule has 0 saturated heterocycles. The van der Waals surface area contributed by atoms with Gasteiger partial charge in [-0.15, -0.1) is 0 Å². The zero-order valence-corrected chi connectivity index (χ0v) is 23.1. The first-order chi connectivity index (χ1) is 21.1. The van der Waals surface area contributed by atoms with Gasteiger partial charge in [-0.25, -0.2) is 9.59 Å². The monoisotopic (exact) mass is 566 g/mol. The molecule has 0 unspecified atom stereocenters. The molecular weight excluding hydrogens is 540 g/mol. The molecule has 0 aliphatic carbocycles. The van der Waals surface area contributed by atoms with E-state index in [4.69, 9.17) is 18.9 Å². The van der Waals surface area contributed by atoms with Gasteiger partial charge in [0.05, 0.1) is 11.1 Å². The fraction of sp³-hybridized carbons (Fsp3) is 0.0811. The third kappa shape index (κ3) is 5.26. The molecule has 0 saturated carbocycles. The van der Waals surface area contributed by atoms with Gasteiger partial charge in [-0.3, -0.25) is 0 Å². The second-order valence-corrected chi connectivity index (χ2v) is 10.3. The predicted molar refractivity (Wildman–Crippen MR) is 164 cm³/mol. The molecule has 1 heterocycles. The van der Waals surface area contributed by atoms with Crippen molar-refractivity contribution in [2.75, 3.05) is 6.79 Å². The Bertz CT molecular complexity index is 1840. The highest BCUT2D eigenvalue weighted by molar-refractivity contribution is 6.12. The minimum Gasteiger partial charge on any atom is -0.457 e. The van der Waals surface area contributed by atoms with Crippen LogP contribution in [-0.4, -0.2) is 18.7 Å². The van der Waals surface area contributed by atoms with E-state index in [2.05, 4.69) is 0 Å². The SMILES string of the molecule is O=C(OCc1ccccc1)c1ccc2ccc3c(c2c1)-c1c(ccc2ccc(C(=O)OCc4ccccc4)cc12)OCO3. The lowest BCUT2D eigenvalue weighted by Gasteiger charge is -2.15. The molecule has 0 N–H and O–H groups in total. The summed E-state index contributed by atoms with van der Waals surface area (Å²) < 4.78 is 23.3. The van der Waals surface area contributed by atoms with E-state index in [-0.39, 0.29) is 20.0 Å². The van der Waals surface area contributed by atoms with Crippen LogP contribution in [0.4, 0.5) is 0 Å². The molecule has 0 atom stereocenters. The van der Waals surface area contributed by atoms with Gasteiger partial charge in [0.25, 0.3) is 0 Å². The van der Waals surface area contributed by atoms with Crippen molar-refractivity contribution in [1.29, 1.82) is 0 Å². The van der Waals surface area contributed by atoms with Crippen molar-refractivity contribution in [3.05, 3.63) is 144 Å². The number of carbonyl (C=O) groups excluding carboxylic acids is 2. The van der Waals surface area contributed by atoms with Crippen molar-refractivity contribution in [3.8, 4) is 22.6 Å². The normalized spacial score (nSPS) is 11.9. The lowest BCUT2D eigenvalue weighted by molar-refractivity contribution is 0.0464. The maximum Gasteiger partial charge on any atom is 0.338 e. The topological polar surface area (TPSA) is 71.1 Å². The Balaban J connectivity index is 1.30. The average molecular weight is 567 g/mol. The van der Waals surface area contributed by atoms with Gasteiger partial charge in [-0.05, 0) is 69.1 Å². The fourth-order valence-electron chi connectivity index (χ4n) is 5.38. The third-order valence-electron chi connectivity index (χ3n) is 7.54. The highest BCUT2D eigenvalue weighted by Crippen LogP contribution is 2.47. The molecule has 7 rings (SSSR count). The summed E-state index contributed by atoms with van der Waals surface area (Å²) in [7, 11) is 0. The van der Waals surface area contributed by atoms with E-state index >= 15 is 0 Å². The van der Waals surface area contributed by atoms with Crippen molar-refractivity contribution in [1.82, 2.24) is 0 Å². The molecule has 6 heteroatoms. The van der Waals surface area contributed by atoms with Gasteiger partial charge in [-0.1, -0.05) is 84.9 Å². The Hall–Kier alpha value is -5.62. The zero-order chi connectivity index (χ0) is 29.2. The molecule has 0 aromatic heterocycles. The quantitative estimate of drug-likeness (QED) is 0.190. The number of rotatable bonds is 6. The van der Waals surface area contributed by atoms with Crippen molar-refractivity contribution in [2.45, 2.75) is 13.2 Å². The number of hydrogen-bond acceptors (Lipinski definition) is 6. The van der Waals surface area contributed by atoms with Crippen LogP contribution in [0.5, 0.6) is 11.5 Å². The minimum atomic E-state index is -0.421. The van der Waals surface area contributed by atoms with Gasteiger partial charge in [0, 0.05) is 11.1 Å². The van der Waals surface area contributed by atoms with Gasteiger partial charge in [-0.2, -0.15) is 0 Å². The Morgan fingerprint density at radius 1 is 0.535 bits per heavy atom. The minimum absolute atomic E-state index is 0.0224. The van der Waals surface area contributed by atoms with Crippen molar-refractivity contribution in [2.24, 2.45) is 0 Å².